The average Bonchev–Trinajstić information content (AvgIpc) is 2.85. The summed E-state index contributed by atoms with van der Waals surface area (Å²) in [5.74, 6) is 0.833. The molecule has 198 valence electrons. The summed E-state index contributed by atoms with van der Waals surface area (Å²) in [5.41, 5.74) is 1.70. The highest BCUT2D eigenvalue weighted by Crippen LogP contribution is 2.65. The Morgan fingerprint density at radius 3 is 2.26 bits per heavy atom. The lowest BCUT2D eigenvalue weighted by atomic mass is 9.50. The summed E-state index contributed by atoms with van der Waals surface area (Å²) in [6.07, 6.45) is 10.6. The van der Waals surface area contributed by atoms with E-state index in [1.807, 2.05) is 13.8 Å². The van der Waals surface area contributed by atoms with Crippen LogP contribution in [0.25, 0.3) is 0 Å². The number of hydrogen-bond donors (Lipinski definition) is 0. The van der Waals surface area contributed by atoms with Crippen LogP contribution >= 0.6 is 0 Å². The van der Waals surface area contributed by atoms with E-state index in [1.165, 1.54) is 12.0 Å². The number of hydrogen-bond acceptors (Lipinski definition) is 4. The van der Waals surface area contributed by atoms with Crippen LogP contribution < -0.4 is 0 Å². The van der Waals surface area contributed by atoms with Gasteiger partial charge in [-0.05, 0) is 105 Å². The van der Waals surface area contributed by atoms with E-state index < -0.39 is 5.60 Å². The van der Waals surface area contributed by atoms with Crippen molar-refractivity contribution in [1.29, 1.82) is 0 Å². The minimum Gasteiger partial charge on any atom is -0.366 e. The summed E-state index contributed by atoms with van der Waals surface area (Å²) < 4.78 is 20.7. The first kappa shape index (κ1) is 25.9. The van der Waals surface area contributed by atoms with Gasteiger partial charge in [0.25, 0.3) is 0 Å². The molecule has 5 fully saturated rings. The van der Waals surface area contributed by atoms with E-state index in [0.717, 1.165) is 51.4 Å². The Kier molecular flexibility index (Phi) is 5.85. The molecule has 2 aliphatic carbocycles. The monoisotopic (exact) mass is 486 g/mol. The molecule has 1 saturated carbocycles. The first-order valence-electron chi connectivity index (χ1n) is 14.4. The lowest BCUT2D eigenvalue weighted by Gasteiger charge is -2.71. The van der Waals surface area contributed by atoms with Crippen LogP contribution in [0, 0.1) is 16.7 Å². The molecule has 6 rings (SSSR count). The molecule has 4 aliphatic heterocycles. The van der Waals surface area contributed by atoms with Crippen LogP contribution in [-0.4, -0.2) is 40.4 Å². The molecule has 0 aromatic rings. The van der Waals surface area contributed by atoms with E-state index in [4.69, 9.17) is 14.2 Å². The Balaban J connectivity index is 1.46. The Morgan fingerprint density at radius 1 is 0.857 bits per heavy atom. The van der Waals surface area contributed by atoms with Crippen molar-refractivity contribution in [3.8, 4) is 0 Å². The zero-order chi connectivity index (χ0) is 25.7. The van der Waals surface area contributed by atoms with Crippen molar-refractivity contribution in [2.24, 2.45) is 16.7 Å². The summed E-state index contributed by atoms with van der Waals surface area (Å²) in [4.78, 5) is 12.9. The lowest BCUT2D eigenvalue weighted by Crippen LogP contribution is -2.77. The van der Waals surface area contributed by atoms with E-state index in [9.17, 15) is 4.79 Å². The quantitative estimate of drug-likeness (QED) is 0.392. The molecule has 4 nitrogen and oxygen atoms in total. The predicted molar refractivity (Wildman–Crippen MR) is 139 cm³/mol. The van der Waals surface area contributed by atoms with Crippen LogP contribution in [0.1, 0.15) is 127 Å². The molecule has 2 bridgehead atoms. The number of ether oxygens (including phenoxy) is 3. The number of allylic oxidation sites excluding steroid dienone is 1. The van der Waals surface area contributed by atoms with Crippen molar-refractivity contribution < 1.29 is 19.0 Å². The molecule has 4 heteroatoms. The zero-order valence-electron chi connectivity index (χ0n) is 23.9. The molecule has 35 heavy (non-hydrogen) atoms. The average molecular weight is 487 g/mol. The summed E-state index contributed by atoms with van der Waals surface area (Å²) in [6.45, 7) is 20.3. The molecule has 0 aromatic heterocycles. The standard InChI is InChI=1S/C31H50O4/c1-20-10-12-24-28(7,16-15-23(32)26(3,4)33-24)22(20)14-17-29(8)21(2)11-13-25-31(29)19-18-30(9,34-25)27(5,6)35-31/h21,24-25H,10-19H2,1-9H3. The fraction of sp³-hybridized carbons (Fsp3) is 0.903. The molecule has 1 spiro atoms. The van der Waals surface area contributed by atoms with Gasteiger partial charge in [-0.25, -0.2) is 0 Å². The number of Topliss-reactive ketones (excluding diaryl/α,β-unsaturated/α-hetero) is 1. The van der Waals surface area contributed by atoms with Gasteiger partial charge in [0.2, 0.25) is 0 Å². The minimum absolute atomic E-state index is 0.0478. The van der Waals surface area contributed by atoms with Gasteiger partial charge in [0.05, 0.1) is 23.4 Å². The number of carbonyl (C=O) groups is 1. The van der Waals surface area contributed by atoms with Gasteiger partial charge >= 0.3 is 0 Å². The van der Waals surface area contributed by atoms with Gasteiger partial charge in [0, 0.05) is 17.3 Å². The Bertz CT molecular complexity index is 932. The van der Waals surface area contributed by atoms with Gasteiger partial charge in [-0.3, -0.25) is 4.79 Å². The van der Waals surface area contributed by atoms with Crippen molar-refractivity contribution in [2.75, 3.05) is 0 Å². The molecule has 6 aliphatic rings. The molecular weight excluding hydrogens is 436 g/mol. The molecular formula is C31H50O4. The van der Waals surface area contributed by atoms with Crippen LogP contribution in [0.2, 0.25) is 0 Å². The van der Waals surface area contributed by atoms with E-state index in [0.29, 0.717) is 12.3 Å². The molecule has 0 aromatic carbocycles. The molecule has 0 amide bonds. The fourth-order valence-corrected chi connectivity index (χ4v) is 8.81. The SMILES string of the molecule is CC1=C(CCC2(C)C(C)CCC3OC4(C)CCC32OC4(C)C)C2(C)CCC(=O)C(C)(C)OC2CC1. The highest BCUT2D eigenvalue weighted by Gasteiger charge is 2.70. The van der Waals surface area contributed by atoms with Crippen molar-refractivity contribution in [2.45, 2.75) is 161 Å². The van der Waals surface area contributed by atoms with Gasteiger partial charge in [-0.15, -0.1) is 0 Å². The predicted octanol–water partition coefficient (Wildman–Crippen LogP) is 7.33. The first-order chi connectivity index (χ1) is 16.1. The van der Waals surface area contributed by atoms with Gasteiger partial charge in [-0.2, -0.15) is 0 Å². The summed E-state index contributed by atoms with van der Waals surface area (Å²) >= 11 is 0. The number of ketones is 1. The smallest absolute Gasteiger partial charge is 0.164 e. The van der Waals surface area contributed by atoms with Gasteiger partial charge in [0.1, 0.15) is 11.2 Å². The van der Waals surface area contributed by atoms with E-state index in [-0.39, 0.29) is 45.6 Å². The van der Waals surface area contributed by atoms with Crippen molar-refractivity contribution in [1.82, 2.24) is 0 Å². The van der Waals surface area contributed by atoms with Crippen LogP contribution in [0.15, 0.2) is 11.1 Å². The second-order valence-electron chi connectivity index (χ2n) is 14.5. The zero-order valence-corrected chi connectivity index (χ0v) is 23.9. The van der Waals surface area contributed by atoms with Crippen LogP contribution in [0.3, 0.4) is 0 Å². The number of carbonyl (C=O) groups excluding carboxylic acids is 1. The van der Waals surface area contributed by atoms with Crippen molar-refractivity contribution in [3.63, 3.8) is 0 Å². The van der Waals surface area contributed by atoms with E-state index in [2.05, 4.69) is 48.5 Å². The van der Waals surface area contributed by atoms with Crippen molar-refractivity contribution in [3.05, 3.63) is 11.1 Å². The molecule has 7 unspecified atom stereocenters. The Hall–Kier alpha value is -0.710. The summed E-state index contributed by atoms with van der Waals surface area (Å²) in [6, 6.07) is 0. The van der Waals surface area contributed by atoms with Crippen LogP contribution in [0.5, 0.6) is 0 Å². The fourth-order valence-electron chi connectivity index (χ4n) is 8.81. The highest BCUT2D eigenvalue weighted by molar-refractivity contribution is 5.86. The maximum atomic E-state index is 12.9. The largest absolute Gasteiger partial charge is 0.366 e. The third-order valence-electron chi connectivity index (χ3n) is 12.1. The summed E-state index contributed by atoms with van der Waals surface area (Å²) in [5, 5.41) is 0. The first-order valence-corrected chi connectivity index (χ1v) is 14.4. The number of rotatable bonds is 3. The maximum absolute atomic E-state index is 12.9. The van der Waals surface area contributed by atoms with Gasteiger partial charge in [-0.1, -0.05) is 31.9 Å². The van der Waals surface area contributed by atoms with E-state index >= 15 is 0 Å². The summed E-state index contributed by atoms with van der Waals surface area (Å²) in [7, 11) is 0. The second kappa shape index (κ2) is 7.90. The minimum atomic E-state index is -0.678. The van der Waals surface area contributed by atoms with Crippen LogP contribution in [-0.2, 0) is 19.0 Å². The normalized spacial score (nSPS) is 48.8. The van der Waals surface area contributed by atoms with E-state index in [1.54, 1.807) is 5.57 Å². The van der Waals surface area contributed by atoms with Crippen LogP contribution in [0.4, 0.5) is 0 Å². The van der Waals surface area contributed by atoms with Gasteiger partial charge < -0.3 is 14.2 Å². The molecule has 7 atom stereocenters. The number of fused-ring (bicyclic) bond motifs is 3. The van der Waals surface area contributed by atoms with Gasteiger partial charge in [0.15, 0.2) is 5.78 Å². The van der Waals surface area contributed by atoms with Crippen molar-refractivity contribution >= 4 is 5.78 Å². The molecule has 4 heterocycles. The highest BCUT2D eigenvalue weighted by atomic mass is 16.6. The molecule has 4 saturated heterocycles. The Morgan fingerprint density at radius 2 is 1.57 bits per heavy atom. The topological polar surface area (TPSA) is 44.8 Å². The molecule has 0 N–H and O–H groups in total. The third kappa shape index (κ3) is 3.52. The second-order valence-corrected chi connectivity index (χ2v) is 14.5. The molecule has 0 radical (unpaired) electrons. The maximum Gasteiger partial charge on any atom is 0.164 e. The lowest BCUT2D eigenvalue weighted by molar-refractivity contribution is -0.414. The third-order valence-corrected chi connectivity index (χ3v) is 12.1. The Labute approximate surface area is 213 Å².